The number of nitrogens with zero attached hydrogens (tertiary/aromatic N) is 3. The van der Waals surface area contributed by atoms with Crippen molar-refractivity contribution in [3.05, 3.63) is 24.1 Å². The number of amides is 1. The van der Waals surface area contributed by atoms with Crippen molar-refractivity contribution in [2.75, 3.05) is 0 Å². The van der Waals surface area contributed by atoms with Crippen LogP contribution < -0.4 is 5.43 Å². The molecule has 18 heavy (non-hydrogen) atoms. The van der Waals surface area contributed by atoms with Crippen molar-refractivity contribution in [3.63, 3.8) is 0 Å². The van der Waals surface area contributed by atoms with Gasteiger partial charge in [0.2, 0.25) is 5.91 Å². The highest BCUT2D eigenvalue weighted by atomic mass is 32.2. The molecule has 6 heteroatoms. The van der Waals surface area contributed by atoms with E-state index in [0.29, 0.717) is 11.7 Å². The summed E-state index contributed by atoms with van der Waals surface area (Å²) in [4.78, 5) is 15.3. The molecule has 0 bridgehead atoms. The Morgan fingerprint density at radius 2 is 2.39 bits per heavy atom. The van der Waals surface area contributed by atoms with Gasteiger partial charge in [-0.1, -0.05) is 6.92 Å². The second-order valence-electron chi connectivity index (χ2n) is 4.58. The van der Waals surface area contributed by atoms with Crippen molar-refractivity contribution < 1.29 is 4.79 Å². The maximum Gasteiger partial charge on any atom is 0.240 e. The van der Waals surface area contributed by atoms with Gasteiger partial charge in [-0.25, -0.2) is 10.4 Å². The largest absolute Gasteiger partial charge is 0.310 e. The van der Waals surface area contributed by atoms with Crippen LogP contribution in [0.15, 0.2) is 29.2 Å². The highest BCUT2D eigenvalue weighted by molar-refractivity contribution is 8.03. The number of hydrogen-bond donors (Lipinski definition) is 1. The fraction of sp³-hybridized carbons (Fsp3) is 0.417. The van der Waals surface area contributed by atoms with E-state index < -0.39 is 0 Å². The number of carbonyl (C=O) groups is 1. The summed E-state index contributed by atoms with van der Waals surface area (Å²) in [5.41, 5.74) is 4.90. The second kappa shape index (κ2) is 4.61. The number of imidazole rings is 1. The van der Waals surface area contributed by atoms with Crippen LogP contribution in [0, 0.1) is 5.92 Å². The number of thioether (sulfide) groups is 1. The Morgan fingerprint density at radius 1 is 1.50 bits per heavy atom. The third-order valence-electron chi connectivity index (χ3n) is 3.23. The van der Waals surface area contributed by atoms with E-state index in [9.17, 15) is 4.79 Å². The summed E-state index contributed by atoms with van der Waals surface area (Å²) in [6.07, 6.45) is 7.00. The molecular formula is C12H14N4OS. The van der Waals surface area contributed by atoms with Gasteiger partial charge in [-0.3, -0.25) is 4.79 Å². The van der Waals surface area contributed by atoms with Crippen molar-refractivity contribution in [3.8, 4) is 0 Å². The first-order valence-electron chi connectivity index (χ1n) is 5.93. The van der Waals surface area contributed by atoms with E-state index in [1.54, 1.807) is 18.0 Å². The number of hydrazone groups is 1. The standard InChI is InChI=1S/C12H14N4OS/c1-8-4-11(17)14-15-12(8)10-5-9(6-18-10)16-3-2-13-7-16/h2-3,6-8,10H,4-5H2,1H3,(H,14,17). The molecule has 2 aliphatic heterocycles. The van der Waals surface area contributed by atoms with Crippen LogP contribution in [0.1, 0.15) is 19.8 Å². The van der Waals surface area contributed by atoms with Crippen LogP contribution in [0.25, 0.3) is 5.70 Å². The van der Waals surface area contributed by atoms with Gasteiger partial charge >= 0.3 is 0 Å². The highest BCUT2D eigenvalue weighted by Crippen LogP contribution is 2.36. The molecule has 94 valence electrons. The van der Waals surface area contributed by atoms with E-state index in [-0.39, 0.29) is 11.8 Å². The predicted molar refractivity (Wildman–Crippen MR) is 71.9 cm³/mol. The molecule has 0 radical (unpaired) electrons. The summed E-state index contributed by atoms with van der Waals surface area (Å²) in [7, 11) is 0. The van der Waals surface area contributed by atoms with E-state index in [1.165, 1.54) is 5.70 Å². The maximum atomic E-state index is 11.2. The van der Waals surface area contributed by atoms with Crippen molar-refractivity contribution in [2.24, 2.45) is 11.0 Å². The van der Waals surface area contributed by atoms with Gasteiger partial charge in [-0.15, -0.1) is 11.8 Å². The van der Waals surface area contributed by atoms with Crippen molar-refractivity contribution in [1.82, 2.24) is 15.0 Å². The molecule has 2 aliphatic rings. The number of allylic oxidation sites excluding steroid dienone is 1. The Morgan fingerprint density at radius 3 is 3.11 bits per heavy atom. The first-order valence-corrected chi connectivity index (χ1v) is 6.87. The van der Waals surface area contributed by atoms with Crippen molar-refractivity contribution in [1.29, 1.82) is 0 Å². The van der Waals surface area contributed by atoms with Crippen molar-refractivity contribution >= 4 is 29.1 Å². The van der Waals surface area contributed by atoms with Gasteiger partial charge in [0.05, 0.1) is 17.3 Å². The fourth-order valence-corrected chi connectivity index (χ4v) is 3.50. The number of hydrogen-bond acceptors (Lipinski definition) is 4. The Bertz CT molecular complexity index is 520. The third-order valence-corrected chi connectivity index (χ3v) is 4.38. The first kappa shape index (κ1) is 11.5. The Kier molecular flexibility index (Phi) is 2.95. The molecule has 0 saturated heterocycles. The van der Waals surface area contributed by atoms with Crippen LogP contribution in [-0.2, 0) is 4.79 Å². The molecule has 3 heterocycles. The zero-order chi connectivity index (χ0) is 12.5. The lowest BCUT2D eigenvalue weighted by Gasteiger charge is -2.23. The van der Waals surface area contributed by atoms with E-state index >= 15 is 0 Å². The van der Waals surface area contributed by atoms with Crippen LogP contribution in [0.3, 0.4) is 0 Å². The Labute approximate surface area is 109 Å². The minimum atomic E-state index is 0.0111. The molecule has 2 atom stereocenters. The van der Waals surface area contributed by atoms with Crippen LogP contribution in [0.2, 0.25) is 0 Å². The monoisotopic (exact) mass is 262 g/mol. The van der Waals surface area contributed by atoms with Gasteiger partial charge in [0.1, 0.15) is 0 Å². The molecule has 1 N–H and O–H groups in total. The van der Waals surface area contributed by atoms with Gasteiger partial charge < -0.3 is 4.57 Å². The zero-order valence-corrected chi connectivity index (χ0v) is 10.9. The Hall–Kier alpha value is -1.56. The average molecular weight is 262 g/mol. The molecule has 1 aromatic heterocycles. The molecule has 0 spiro atoms. The lowest BCUT2D eigenvalue weighted by Crippen LogP contribution is -2.36. The van der Waals surface area contributed by atoms with Gasteiger partial charge in [0.25, 0.3) is 0 Å². The number of rotatable bonds is 2. The van der Waals surface area contributed by atoms with Gasteiger partial charge in [0.15, 0.2) is 0 Å². The summed E-state index contributed by atoms with van der Waals surface area (Å²) in [5, 5.41) is 6.71. The minimum absolute atomic E-state index is 0.0111. The summed E-state index contributed by atoms with van der Waals surface area (Å²) in [6, 6.07) is 0. The summed E-state index contributed by atoms with van der Waals surface area (Å²) in [6.45, 7) is 2.06. The molecule has 2 unspecified atom stereocenters. The number of nitrogens with one attached hydrogen (secondary N) is 1. The third kappa shape index (κ3) is 2.08. The first-order chi connectivity index (χ1) is 8.74. The smallest absolute Gasteiger partial charge is 0.240 e. The predicted octanol–water partition coefficient (Wildman–Crippen LogP) is 1.70. The normalized spacial score (nSPS) is 27.7. The summed E-state index contributed by atoms with van der Waals surface area (Å²) in [5.74, 6) is 0.240. The quantitative estimate of drug-likeness (QED) is 0.882. The molecule has 0 aromatic carbocycles. The van der Waals surface area contributed by atoms with E-state index in [1.807, 2.05) is 17.1 Å². The van der Waals surface area contributed by atoms with Crippen molar-refractivity contribution in [2.45, 2.75) is 25.0 Å². The summed E-state index contributed by atoms with van der Waals surface area (Å²) < 4.78 is 2.03. The molecule has 1 aromatic rings. The molecule has 0 saturated carbocycles. The topological polar surface area (TPSA) is 59.3 Å². The molecule has 1 amide bonds. The Balaban J connectivity index is 1.73. The number of aromatic nitrogens is 2. The van der Waals surface area contributed by atoms with E-state index in [4.69, 9.17) is 0 Å². The van der Waals surface area contributed by atoms with Gasteiger partial charge in [-0.05, 0) is 5.41 Å². The van der Waals surface area contributed by atoms with Gasteiger partial charge in [0, 0.05) is 36.9 Å². The fourth-order valence-electron chi connectivity index (χ4n) is 2.27. The molecule has 0 aliphatic carbocycles. The molecule has 5 nitrogen and oxygen atoms in total. The molecular weight excluding hydrogens is 248 g/mol. The average Bonchev–Trinajstić information content (AvgIpc) is 2.99. The minimum Gasteiger partial charge on any atom is -0.310 e. The lowest BCUT2D eigenvalue weighted by atomic mass is 9.95. The van der Waals surface area contributed by atoms with E-state index in [0.717, 1.165) is 12.1 Å². The van der Waals surface area contributed by atoms with Crippen LogP contribution in [0.4, 0.5) is 0 Å². The highest BCUT2D eigenvalue weighted by Gasteiger charge is 2.30. The van der Waals surface area contributed by atoms with Crippen LogP contribution >= 0.6 is 11.8 Å². The van der Waals surface area contributed by atoms with E-state index in [2.05, 4.69) is 27.8 Å². The second-order valence-corrected chi connectivity index (χ2v) is 5.66. The molecule has 3 rings (SSSR count). The summed E-state index contributed by atoms with van der Waals surface area (Å²) >= 11 is 1.77. The number of carbonyl (C=O) groups excluding carboxylic acids is 1. The maximum absolute atomic E-state index is 11.2. The lowest BCUT2D eigenvalue weighted by molar-refractivity contribution is -0.121. The van der Waals surface area contributed by atoms with Crippen LogP contribution in [0.5, 0.6) is 0 Å². The van der Waals surface area contributed by atoms with Gasteiger partial charge in [-0.2, -0.15) is 5.10 Å². The SMILES string of the molecule is CC1CC(=O)NN=C1C1CC(n2ccnc2)=CS1. The zero-order valence-electron chi connectivity index (χ0n) is 10.0. The van der Waals surface area contributed by atoms with Crippen LogP contribution in [-0.4, -0.2) is 26.4 Å². The molecule has 0 fully saturated rings.